The molecule has 1 aromatic carbocycles. The average molecular weight is 621 g/mol. The van der Waals surface area contributed by atoms with Crippen molar-refractivity contribution in [1.82, 2.24) is 24.2 Å². The molecule has 1 atom stereocenters. The molecular weight excluding hydrogens is 603 g/mol. The van der Waals surface area contributed by atoms with E-state index in [2.05, 4.69) is 26.0 Å². The van der Waals surface area contributed by atoms with E-state index in [0.717, 1.165) is 10.6 Å². The molecule has 196 valence electrons. The number of alkyl halides is 3. The van der Waals surface area contributed by atoms with Gasteiger partial charge in [0.25, 0.3) is 11.5 Å². The normalized spacial score (nSPS) is 15.5. The Morgan fingerprint density at radius 2 is 2.00 bits per heavy atom. The van der Waals surface area contributed by atoms with Crippen LogP contribution >= 0.6 is 39.7 Å². The molecule has 2 aromatic heterocycles. The molecule has 4 rings (SSSR count). The highest BCUT2D eigenvalue weighted by molar-refractivity contribution is 9.10. The number of hydrogen-bond donors (Lipinski definition) is 1. The van der Waals surface area contributed by atoms with Gasteiger partial charge in [-0.1, -0.05) is 27.5 Å². The lowest BCUT2D eigenvalue weighted by molar-refractivity contribution is -0.138. The topological polar surface area (TPSA) is 102 Å². The molecule has 0 bridgehead atoms. The van der Waals surface area contributed by atoms with E-state index in [9.17, 15) is 27.6 Å². The fraction of sp³-hybridized carbons (Fsp3) is 0.318. The summed E-state index contributed by atoms with van der Waals surface area (Å²) >= 11 is 14.6. The van der Waals surface area contributed by atoms with Crippen LogP contribution in [-0.2, 0) is 30.9 Å². The molecule has 1 aliphatic rings. The van der Waals surface area contributed by atoms with Crippen molar-refractivity contribution in [2.45, 2.75) is 32.1 Å². The first kappa shape index (κ1) is 27.1. The first-order chi connectivity index (χ1) is 17.3. The van der Waals surface area contributed by atoms with Gasteiger partial charge in [0.05, 0.1) is 19.2 Å². The third-order valence-electron chi connectivity index (χ3n) is 5.99. The van der Waals surface area contributed by atoms with E-state index in [1.165, 1.54) is 35.9 Å². The Balaban J connectivity index is 1.74. The first-order valence-corrected chi connectivity index (χ1v) is 12.2. The van der Waals surface area contributed by atoms with Crippen molar-refractivity contribution in [2.75, 3.05) is 7.11 Å². The predicted molar refractivity (Wildman–Crippen MR) is 133 cm³/mol. The van der Waals surface area contributed by atoms with Crippen LogP contribution in [0.3, 0.4) is 0 Å². The van der Waals surface area contributed by atoms with E-state index in [1.54, 1.807) is 6.92 Å². The number of hydrogen-bond acceptors (Lipinski definition) is 6. The number of aromatic amines is 1. The van der Waals surface area contributed by atoms with Crippen molar-refractivity contribution in [1.29, 1.82) is 0 Å². The molecule has 1 amide bonds. The number of amides is 1. The van der Waals surface area contributed by atoms with Gasteiger partial charge in [-0.2, -0.15) is 18.3 Å². The van der Waals surface area contributed by atoms with Gasteiger partial charge in [-0.3, -0.25) is 14.3 Å². The Labute approximate surface area is 225 Å². The summed E-state index contributed by atoms with van der Waals surface area (Å²) in [6, 6.07) is 2.72. The van der Waals surface area contributed by atoms with E-state index in [-0.39, 0.29) is 44.3 Å². The number of H-pyrrole nitrogens is 1. The number of halogens is 5. The van der Waals surface area contributed by atoms with E-state index >= 15 is 0 Å². The van der Waals surface area contributed by atoms with Crippen molar-refractivity contribution in [3.63, 3.8) is 0 Å². The van der Waals surface area contributed by atoms with E-state index in [1.807, 2.05) is 0 Å². The molecule has 0 fully saturated rings. The molecular formula is C22H18BrClF3N5O4S. The number of benzene rings is 1. The second-order valence-electron chi connectivity index (χ2n) is 8.31. The number of fused-ring (bicyclic) bond motifs is 1. The molecule has 0 radical (unpaired) electrons. The Hall–Kier alpha value is -2.97. The highest BCUT2D eigenvalue weighted by atomic mass is 79.9. The van der Waals surface area contributed by atoms with Crippen LogP contribution in [0.25, 0.3) is 5.82 Å². The number of carbonyl (C=O) groups excluding carboxylic acids is 2. The van der Waals surface area contributed by atoms with Crippen LogP contribution < -0.4 is 5.56 Å². The smallest absolute Gasteiger partial charge is 0.417 e. The molecule has 1 aliphatic heterocycles. The Morgan fingerprint density at radius 3 is 2.62 bits per heavy atom. The number of aromatic nitrogens is 4. The van der Waals surface area contributed by atoms with Crippen LogP contribution in [0.5, 0.6) is 0 Å². The molecule has 37 heavy (non-hydrogen) atoms. The third kappa shape index (κ3) is 4.73. The standard InChI is InChI=1S/C22H18BrClF3N5O4S/c1-9-6-11-14(8-31(9)18(33)10-4-5-13(23)12(7-10)22(25,26)27)28-21(37)32(19(11)34)17-15(24)16(20(35)36-3)30(2)29-17/h4-5,7,9H,6,8H2,1-3H3,(H,28,37)/t9-/m1/s1. The zero-order valence-corrected chi connectivity index (χ0v) is 22.6. The monoisotopic (exact) mass is 619 g/mol. The summed E-state index contributed by atoms with van der Waals surface area (Å²) in [5, 5.41) is 4.02. The van der Waals surface area contributed by atoms with Crippen molar-refractivity contribution >= 4 is 51.6 Å². The van der Waals surface area contributed by atoms with Crippen LogP contribution in [0.1, 0.15) is 44.6 Å². The van der Waals surface area contributed by atoms with Gasteiger partial charge in [0.1, 0.15) is 5.02 Å². The lowest BCUT2D eigenvalue weighted by Crippen LogP contribution is -2.46. The highest BCUT2D eigenvalue weighted by Gasteiger charge is 2.36. The molecule has 0 saturated heterocycles. The van der Waals surface area contributed by atoms with E-state index < -0.39 is 35.2 Å². The number of ether oxygens (including phenoxy) is 1. The summed E-state index contributed by atoms with van der Waals surface area (Å²) in [6.45, 7) is 1.59. The van der Waals surface area contributed by atoms with Crippen molar-refractivity contribution in [2.24, 2.45) is 7.05 Å². The fourth-order valence-electron chi connectivity index (χ4n) is 4.14. The summed E-state index contributed by atoms with van der Waals surface area (Å²) < 4.78 is 46.7. The minimum absolute atomic E-state index is 0.0701. The maximum Gasteiger partial charge on any atom is 0.417 e. The lowest BCUT2D eigenvalue weighted by Gasteiger charge is -2.34. The Bertz CT molecular complexity index is 1570. The quantitative estimate of drug-likeness (QED) is 0.343. The number of rotatable bonds is 3. The van der Waals surface area contributed by atoms with Gasteiger partial charge in [-0.15, -0.1) is 0 Å². The minimum atomic E-state index is -4.65. The van der Waals surface area contributed by atoms with Crippen molar-refractivity contribution in [3.8, 4) is 5.82 Å². The number of carbonyl (C=O) groups is 2. The van der Waals surface area contributed by atoms with Crippen LogP contribution in [0.4, 0.5) is 13.2 Å². The molecule has 0 unspecified atom stereocenters. The maximum atomic E-state index is 13.5. The van der Waals surface area contributed by atoms with E-state index in [0.29, 0.717) is 11.3 Å². The summed E-state index contributed by atoms with van der Waals surface area (Å²) in [6.07, 6.45) is -4.56. The van der Waals surface area contributed by atoms with Crippen LogP contribution in [0.15, 0.2) is 27.5 Å². The summed E-state index contributed by atoms with van der Waals surface area (Å²) in [7, 11) is 2.63. The summed E-state index contributed by atoms with van der Waals surface area (Å²) in [4.78, 5) is 43.0. The summed E-state index contributed by atoms with van der Waals surface area (Å²) in [5.74, 6) is -1.45. The highest BCUT2D eigenvalue weighted by Crippen LogP contribution is 2.36. The Kier molecular flexibility index (Phi) is 7.12. The molecule has 1 N–H and O–H groups in total. The van der Waals surface area contributed by atoms with Gasteiger partial charge < -0.3 is 14.6 Å². The van der Waals surface area contributed by atoms with Gasteiger partial charge in [0.2, 0.25) is 0 Å². The first-order valence-electron chi connectivity index (χ1n) is 10.6. The second kappa shape index (κ2) is 9.72. The van der Waals surface area contributed by atoms with Gasteiger partial charge in [-0.05, 0) is 43.8 Å². The Morgan fingerprint density at radius 1 is 1.32 bits per heavy atom. The van der Waals surface area contributed by atoms with Gasteiger partial charge in [0.15, 0.2) is 16.3 Å². The van der Waals surface area contributed by atoms with Gasteiger partial charge in [-0.25, -0.2) is 9.36 Å². The molecule has 0 spiro atoms. The fourth-order valence-corrected chi connectivity index (χ4v) is 5.23. The van der Waals surface area contributed by atoms with Crippen molar-refractivity contribution in [3.05, 3.63) is 70.9 Å². The predicted octanol–water partition coefficient (Wildman–Crippen LogP) is 4.44. The third-order valence-corrected chi connectivity index (χ3v) is 7.31. The number of nitrogens with one attached hydrogen (secondary N) is 1. The number of nitrogens with zero attached hydrogens (tertiary/aromatic N) is 4. The molecule has 15 heteroatoms. The zero-order valence-electron chi connectivity index (χ0n) is 19.4. The lowest BCUT2D eigenvalue weighted by atomic mass is 9.98. The number of methoxy groups -OCH3 is 1. The number of esters is 1. The molecule has 9 nitrogen and oxygen atoms in total. The maximum absolute atomic E-state index is 13.5. The van der Waals surface area contributed by atoms with E-state index in [4.69, 9.17) is 28.6 Å². The minimum Gasteiger partial charge on any atom is -0.464 e. The van der Waals surface area contributed by atoms with Crippen LogP contribution in [0.2, 0.25) is 5.02 Å². The van der Waals surface area contributed by atoms with Gasteiger partial charge in [0, 0.05) is 34.4 Å². The largest absolute Gasteiger partial charge is 0.464 e. The molecule has 0 saturated carbocycles. The van der Waals surface area contributed by atoms with Crippen molar-refractivity contribution < 1.29 is 27.5 Å². The SMILES string of the molecule is COC(=O)c1c(Cl)c(-n2c(=S)[nH]c3c(c2=O)C[C@@H](C)N(C(=O)c2ccc(Br)c(C(F)(F)F)c2)C3)nn1C. The molecule has 0 aliphatic carbocycles. The van der Waals surface area contributed by atoms with Crippen LogP contribution in [0, 0.1) is 4.77 Å². The molecule has 3 aromatic rings. The van der Waals surface area contributed by atoms with Crippen LogP contribution in [-0.4, -0.2) is 49.3 Å². The van der Waals surface area contributed by atoms with Gasteiger partial charge >= 0.3 is 12.1 Å². The second-order valence-corrected chi connectivity index (χ2v) is 9.93. The number of aryl methyl sites for hydroxylation is 1. The zero-order chi connectivity index (χ0) is 27.4. The summed E-state index contributed by atoms with van der Waals surface area (Å²) in [5.41, 5.74) is -1.09. The molecule has 3 heterocycles. The average Bonchev–Trinajstić information content (AvgIpc) is 3.11.